The fraction of sp³-hybridized carbons (Fsp3) is 0.429. The van der Waals surface area contributed by atoms with Crippen LogP contribution < -0.4 is 5.32 Å². The van der Waals surface area contributed by atoms with E-state index in [2.05, 4.69) is 5.32 Å². The Hall–Kier alpha value is -2.05. The molecular formula is C14H14F3NO3. The Morgan fingerprint density at radius 1 is 1.33 bits per heavy atom. The first kappa shape index (κ1) is 15.3. The molecule has 0 unspecified atom stereocenters. The Bertz CT molecular complexity index is 571. The lowest BCUT2D eigenvalue weighted by atomic mass is 10.0. The standard InChI is InChI=1S/C14H14F3NO3/c1-7(13(20)21)18-12(19)10-6-9(10)8-4-2-3-5-11(8)14(15,16)17/h2-5,7,9-10H,6H2,1H3,(H,18,19)(H,20,21)/t7-,9-,10+/m0/s1. The van der Waals surface area contributed by atoms with E-state index in [0.717, 1.165) is 6.07 Å². The average molecular weight is 301 g/mol. The summed E-state index contributed by atoms with van der Waals surface area (Å²) in [5, 5.41) is 11.0. The van der Waals surface area contributed by atoms with E-state index in [1.165, 1.54) is 25.1 Å². The summed E-state index contributed by atoms with van der Waals surface area (Å²) in [6.07, 6.45) is -4.17. The predicted molar refractivity (Wildman–Crippen MR) is 67.5 cm³/mol. The van der Waals surface area contributed by atoms with Crippen molar-refractivity contribution < 1.29 is 27.9 Å². The summed E-state index contributed by atoms with van der Waals surface area (Å²) < 4.78 is 38.7. The van der Waals surface area contributed by atoms with Gasteiger partial charge in [0.1, 0.15) is 6.04 Å². The van der Waals surface area contributed by atoms with Crippen LogP contribution in [0.1, 0.15) is 30.4 Å². The second kappa shape index (κ2) is 5.38. The van der Waals surface area contributed by atoms with Gasteiger partial charge in [0.05, 0.1) is 5.56 Å². The molecule has 0 radical (unpaired) electrons. The summed E-state index contributed by atoms with van der Waals surface area (Å²) in [6, 6.07) is 4.09. The number of nitrogens with one attached hydrogen (secondary N) is 1. The zero-order valence-electron chi connectivity index (χ0n) is 11.1. The fourth-order valence-corrected chi connectivity index (χ4v) is 2.29. The minimum absolute atomic E-state index is 0.0909. The fourth-order valence-electron chi connectivity index (χ4n) is 2.29. The van der Waals surface area contributed by atoms with Crippen molar-refractivity contribution in [2.75, 3.05) is 0 Å². The van der Waals surface area contributed by atoms with Crippen molar-refractivity contribution in [3.05, 3.63) is 35.4 Å². The van der Waals surface area contributed by atoms with E-state index in [1.54, 1.807) is 0 Å². The van der Waals surface area contributed by atoms with Crippen LogP contribution in [-0.4, -0.2) is 23.0 Å². The number of carboxylic acids is 1. The van der Waals surface area contributed by atoms with Crippen molar-refractivity contribution in [2.45, 2.75) is 31.5 Å². The Morgan fingerprint density at radius 3 is 2.52 bits per heavy atom. The van der Waals surface area contributed by atoms with Crippen LogP contribution in [0.25, 0.3) is 0 Å². The van der Waals surface area contributed by atoms with Crippen LogP contribution in [0.4, 0.5) is 13.2 Å². The van der Waals surface area contributed by atoms with Gasteiger partial charge in [-0.15, -0.1) is 0 Å². The second-order valence-electron chi connectivity index (χ2n) is 5.10. The lowest BCUT2D eigenvalue weighted by molar-refractivity contribution is -0.141. The van der Waals surface area contributed by atoms with E-state index in [-0.39, 0.29) is 5.56 Å². The smallest absolute Gasteiger partial charge is 0.416 e. The third-order valence-corrected chi connectivity index (χ3v) is 3.52. The molecule has 3 atom stereocenters. The second-order valence-corrected chi connectivity index (χ2v) is 5.10. The lowest BCUT2D eigenvalue weighted by Crippen LogP contribution is -2.39. The molecule has 4 nitrogen and oxygen atoms in total. The van der Waals surface area contributed by atoms with E-state index in [0.29, 0.717) is 6.42 Å². The summed E-state index contributed by atoms with van der Waals surface area (Å²) in [6.45, 7) is 1.31. The summed E-state index contributed by atoms with van der Waals surface area (Å²) in [5.74, 6) is -2.82. The number of amides is 1. The largest absolute Gasteiger partial charge is 0.480 e. The minimum Gasteiger partial charge on any atom is -0.480 e. The molecule has 0 aliphatic heterocycles. The summed E-state index contributed by atoms with van der Waals surface area (Å²) in [4.78, 5) is 22.5. The highest BCUT2D eigenvalue weighted by molar-refractivity contribution is 5.87. The van der Waals surface area contributed by atoms with Gasteiger partial charge in [-0.2, -0.15) is 13.2 Å². The van der Waals surface area contributed by atoms with E-state index >= 15 is 0 Å². The van der Waals surface area contributed by atoms with Gasteiger partial charge in [0, 0.05) is 5.92 Å². The summed E-state index contributed by atoms with van der Waals surface area (Å²) >= 11 is 0. The number of hydrogen-bond acceptors (Lipinski definition) is 2. The Labute approximate surface area is 119 Å². The lowest BCUT2D eigenvalue weighted by Gasteiger charge is -2.13. The first-order chi connectivity index (χ1) is 9.71. The molecule has 21 heavy (non-hydrogen) atoms. The quantitative estimate of drug-likeness (QED) is 0.897. The van der Waals surface area contributed by atoms with Gasteiger partial charge in [0.15, 0.2) is 0 Å². The Balaban J connectivity index is 2.11. The van der Waals surface area contributed by atoms with E-state index in [1.807, 2.05) is 0 Å². The molecule has 0 saturated heterocycles. The first-order valence-electron chi connectivity index (χ1n) is 6.41. The number of alkyl halides is 3. The van der Waals surface area contributed by atoms with E-state index < -0.39 is 41.5 Å². The minimum atomic E-state index is -4.46. The molecule has 0 aromatic heterocycles. The number of benzene rings is 1. The normalized spacial score (nSPS) is 22.5. The molecule has 1 fully saturated rings. The van der Waals surface area contributed by atoms with Crippen molar-refractivity contribution >= 4 is 11.9 Å². The van der Waals surface area contributed by atoms with Gasteiger partial charge in [-0.25, -0.2) is 0 Å². The number of rotatable bonds is 4. The van der Waals surface area contributed by atoms with Gasteiger partial charge in [0.2, 0.25) is 5.91 Å². The molecule has 1 aliphatic carbocycles. The predicted octanol–water partition coefficient (Wildman–Crippen LogP) is 2.40. The third kappa shape index (κ3) is 3.34. The molecule has 114 valence electrons. The van der Waals surface area contributed by atoms with Gasteiger partial charge in [-0.1, -0.05) is 18.2 Å². The molecular weight excluding hydrogens is 287 g/mol. The molecule has 1 saturated carbocycles. The van der Waals surface area contributed by atoms with E-state index in [4.69, 9.17) is 5.11 Å². The van der Waals surface area contributed by atoms with Crippen molar-refractivity contribution in [2.24, 2.45) is 5.92 Å². The van der Waals surface area contributed by atoms with Crippen LogP contribution in [0, 0.1) is 5.92 Å². The van der Waals surface area contributed by atoms with Crippen LogP contribution in [0.15, 0.2) is 24.3 Å². The zero-order valence-corrected chi connectivity index (χ0v) is 11.1. The molecule has 7 heteroatoms. The maximum atomic E-state index is 12.9. The number of carbonyl (C=O) groups is 2. The molecule has 0 spiro atoms. The van der Waals surface area contributed by atoms with Gasteiger partial charge in [0.25, 0.3) is 0 Å². The van der Waals surface area contributed by atoms with Crippen molar-refractivity contribution in [1.82, 2.24) is 5.32 Å². The molecule has 0 bridgehead atoms. The molecule has 0 heterocycles. The van der Waals surface area contributed by atoms with E-state index in [9.17, 15) is 22.8 Å². The van der Waals surface area contributed by atoms with Crippen LogP contribution >= 0.6 is 0 Å². The molecule has 2 N–H and O–H groups in total. The number of hydrogen-bond donors (Lipinski definition) is 2. The van der Waals surface area contributed by atoms with Crippen molar-refractivity contribution in [3.8, 4) is 0 Å². The van der Waals surface area contributed by atoms with Gasteiger partial charge >= 0.3 is 12.1 Å². The van der Waals surface area contributed by atoms with Crippen LogP contribution in [0.5, 0.6) is 0 Å². The van der Waals surface area contributed by atoms with Gasteiger partial charge < -0.3 is 10.4 Å². The average Bonchev–Trinajstić information content (AvgIpc) is 3.17. The highest BCUT2D eigenvalue weighted by Gasteiger charge is 2.48. The molecule has 1 aromatic rings. The SMILES string of the molecule is C[C@H](NC(=O)[C@@H]1C[C@H]1c1ccccc1C(F)(F)F)C(=O)O. The molecule has 2 rings (SSSR count). The van der Waals surface area contributed by atoms with Crippen LogP contribution in [0.3, 0.4) is 0 Å². The Morgan fingerprint density at radius 2 is 1.95 bits per heavy atom. The topological polar surface area (TPSA) is 66.4 Å². The molecule has 1 aromatic carbocycles. The van der Waals surface area contributed by atoms with Crippen LogP contribution in [-0.2, 0) is 15.8 Å². The number of aliphatic carboxylic acids is 1. The third-order valence-electron chi connectivity index (χ3n) is 3.52. The highest BCUT2D eigenvalue weighted by Crippen LogP contribution is 2.51. The summed E-state index contributed by atoms with van der Waals surface area (Å²) in [7, 11) is 0. The number of carbonyl (C=O) groups excluding carboxylic acids is 1. The van der Waals surface area contributed by atoms with Crippen molar-refractivity contribution in [3.63, 3.8) is 0 Å². The number of carboxylic acid groups (broad SMARTS) is 1. The Kier molecular flexibility index (Phi) is 3.93. The van der Waals surface area contributed by atoms with Crippen LogP contribution in [0.2, 0.25) is 0 Å². The summed E-state index contributed by atoms with van der Waals surface area (Å²) in [5.41, 5.74) is -0.648. The van der Waals surface area contributed by atoms with Gasteiger partial charge in [-0.3, -0.25) is 9.59 Å². The monoisotopic (exact) mass is 301 g/mol. The maximum absolute atomic E-state index is 12.9. The molecule has 1 aliphatic rings. The maximum Gasteiger partial charge on any atom is 0.416 e. The zero-order chi connectivity index (χ0) is 15.8. The highest BCUT2D eigenvalue weighted by atomic mass is 19.4. The van der Waals surface area contributed by atoms with Gasteiger partial charge in [-0.05, 0) is 30.9 Å². The number of halogens is 3. The van der Waals surface area contributed by atoms with Crippen molar-refractivity contribution in [1.29, 1.82) is 0 Å². The molecule has 1 amide bonds. The first-order valence-corrected chi connectivity index (χ1v) is 6.41.